The van der Waals surface area contributed by atoms with Crippen molar-refractivity contribution < 1.29 is 18.0 Å². The summed E-state index contributed by atoms with van der Waals surface area (Å²) >= 11 is 0. The van der Waals surface area contributed by atoms with E-state index in [9.17, 15) is 18.0 Å². The van der Waals surface area contributed by atoms with Crippen molar-refractivity contribution in [2.45, 2.75) is 32.0 Å². The van der Waals surface area contributed by atoms with Crippen LogP contribution in [0.1, 0.15) is 36.1 Å². The van der Waals surface area contributed by atoms with Crippen molar-refractivity contribution in [2.75, 3.05) is 23.8 Å². The fourth-order valence-electron chi connectivity index (χ4n) is 4.45. The van der Waals surface area contributed by atoms with E-state index >= 15 is 0 Å². The van der Waals surface area contributed by atoms with E-state index in [4.69, 9.17) is 0 Å². The summed E-state index contributed by atoms with van der Waals surface area (Å²) in [4.78, 5) is 23.3. The molecular formula is C26H25F3N6O. The first-order chi connectivity index (χ1) is 17.4. The van der Waals surface area contributed by atoms with Gasteiger partial charge in [0, 0.05) is 36.3 Å². The number of carbonyl (C=O) groups is 1. The Morgan fingerprint density at radius 2 is 1.83 bits per heavy atom. The number of fused-ring (bicyclic) bond motifs is 1. The minimum absolute atomic E-state index is 0.166. The number of rotatable bonds is 5. The predicted octanol–water partition coefficient (Wildman–Crippen LogP) is 5.06. The van der Waals surface area contributed by atoms with E-state index < -0.39 is 17.8 Å². The molecule has 0 bridgehead atoms. The molecule has 0 atom stereocenters. The average molecular weight is 495 g/mol. The molecule has 0 unspecified atom stereocenters. The number of hydrogen-bond acceptors (Lipinski definition) is 6. The Bertz CT molecular complexity index is 1280. The average Bonchev–Trinajstić information content (AvgIpc) is 2.88. The third-order valence-electron chi connectivity index (χ3n) is 6.27. The summed E-state index contributed by atoms with van der Waals surface area (Å²) in [6.07, 6.45) is 5.38. The molecule has 0 spiro atoms. The smallest absolute Gasteiger partial charge is 0.321 e. The van der Waals surface area contributed by atoms with Gasteiger partial charge < -0.3 is 16.2 Å². The molecule has 5 rings (SSSR count). The van der Waals surface area contributed by atoms with Crippen LogP contribution in [0.4, 0.5) is 24.5 Å². The lowest BCUT2D eigenvalue weighted by molar-refractivity contribution is -0.141. The van der Waals surface area contributed by atoms with Gasteiger partial charge in [-0.25, -0.2) is 4.98 Å². The second-order valence-corrected chi connectivity index (χ2v) is 8.89. The summed E-state index contributed by atoms with van der Waals surface area (Å²) in [5, 5.41) is 2.62. The minimum atomic E-state index is -4.54. The van der Waals surface area contributed by atoms with Crippen molar-refractivity contribution in [3.05, 3.63) is 78.0 Å². The van der Waals surface area contributed by atoms with Crippen molar-refractivity contribution in [3.63, 3.8) is 0 Å². The first-order valence-corrected chi connectivity index (χ1v) is 11.7. The fraction of sp³-hybridized carbons (Fsp3) is 0.269. The second kappa shape index (κ2) is 9.98. The maximum absolute atomic E-state index is 13.0. The van der Waals surface area contributed by atoms with Gasteiger partial charge in [0.1, 0.15) is 5.69 Å². The van der Waals surface area contributed by atoms with Crippen molar-refractivity contribution in [2.24, 2.45) is 0 Å². The molecule has 10 heteroatoms. The summed E-state index contributed by atoms with van der Waals surface area (Å²) in [5.41, 5.74) is 9.68. The largest absolute Gasteiger partial charge is 0.433 e. The van der Waals surface area contributed by atoms with Crippen LogP contribution >= 0.6 is 0 Å². The monoisotopic (exact) mass is 494 g/mol. The Hall–Kier alpha value is -3.92. The molecule has 36 heavy (non-hydrogen) atoms. The number of hydrogen-bond donors (Lipinski definition) is 3. The van der Waals surface area contributed by atoms with Crippen LogP contribution < -0.4 is 16.2 Å². The zero-order valence-corrected chi connectivity index (χ0v) is 19.4. The molecule has 1 amide bonds. The molecule has 3 aromatic rings. The number of piperidine rings is 1. The predicted molar refractivity (Wildman–Crippen MR) is 131 cm³/mol. The van der Waals surface area contributed by atoms with E-state index in [-0.39, 0.29) is 5.69 Å². The topological polar surface area (TPSA) is 82.2 Å². The van der Waals surface area contributed by atoms with Gasteiger partial charge in [-0.05, 0) is 67.4 Å². The normalized spacial score (nSPS) is 15.8. The molecule has 2 aromatic heterocycles. The summed E-state index contributed by atoms with van der Waals surface area (Å²) in [7, 11) is 0. The highest BCUT2D eigenvalue weighted by atomic mass is 19.4. The van der Waals surface area contributed by atoms with E-state index in [1.165, 1.54) is 31.5 Å². The quantitative estimate of drug-likeness (QED) is 0.460. The van der Waals surface area contributed by atoms with Crippen LogP contribution in [0.5, 0.6) is 0 Å². The van der Waals surface area contributed by atoms with E-state index in [1.807, 2.05) is 24.4 Å². The SMILES string of the molecule is O=C(Nc1ccc(C(F)(F)F)nc1)C1=CNNc2ccc(-c3cncc(CN4CCCCC4)c3)cc21. The van der Waals surface area contributed by atoms with Gasteiger partial charge in [-0.15, -0.1) is 0 Å². The van der Waals surface area contributed by atoms with Crippen LogP contribution in [0.2, 0.25) is 0 Å². The number of amides is 1. The Morgan fingerprint density at radius 1 is 1.00 bits per heavy atom. The summed E-state index contributed by atoms with van der Waals surface area (Å²) in [6, 6.07) is 9.86. The lowest BCUT2D eigenvalue weighted by atomic mass is 9.96. The van der Waals surface area contributed by atoms with Crippen molar-refractivity contribution in [1.29, 1.82) is 0 Å². The number of likely N-dealkylation sites (tertiary alicyclic amines) is 1. The van der Waals surface area contributed by atoms with Crippen LogP contribution in [-0.2, 0) is 17.5 Å². The molecule has 4 heterocycles. The first kappa shape index (κ1) is 23.8. The fourth-order valence-corrected chi connectivity index (χ4v) is 4.45. The highest BCUT2D eigenvalue weighted by Crippen LogP contribution is 2.33. The van der Waals surface area contributed by atoms with Crippen molar-refractivity contribution in [3.8, 4) is 11.1 Å². The Morgan fingerprint density at radius 3 is 2.58 bits per heavy atom. The Kier molecular flexibility index (Phi) is 6.60. The summed E-state index contributed by atoms with van der Waals surface area (Å²) in [5.74, 6) is -0.471. The van der Waals surface area contributed by atoms with Gasteiger partial charge >= 0.3 is 6.18 Å². The number of alkyl halides is 3. The third-order valence-corrected chi connectivity index (χ3v) is 6.27. The van der Waals surface area contributed by atoms with Crippen LogP contribution in [0.3, 0.4) is 0 Å². The van der Waals surface area contributed by atoms with Crippen LogP contribution in [0.15, 0.2) is 61.2 Å². The van der Waals surface area contributed by atoms with Crippen molar-refractivity contribution >= 4 is 22.9 Å². The number of nitrogens with zero attached hydrogens (tertiary/aromatic N) is 3. The maximum Gasteiger partial charge on any atom is 0.433 e. The summed E-state index contributed by atoms with van der Waals surface area (Å²) < 4.78 is 38.3. The molecule has 1 aromatic carbocycles. The van der Waals surface area contributed by atoms with E-state index in [2.05, 4.69) is 37.1 Å². The molecular weight excluding hydrogens is 469 g/mol. The molecule has 0 saturated carbocycles. The minimum Gasteiger partial charge on any atom is -0.321 e. The van der Waals surface area contributed by atoms with Gasteiger partial charge in [0.2, 0.25) is 0 Å². The molecule has 0 aliphatic carbocycles. The third kappa shape index (κ3) is 5.33. The van der Waals surface area contributed by atoms with Gasteiger partial charge in [0.05, 0.1) is 23.1 Å². The number of hydrazine groups is 1. The number of nitrogens with one attached hydrogen (secondary N) is 3. The van der Waals surface area contributed by atoms with E-state index in [1.54, 1.807) is 6.20 Å². The molecule has 186 valence electrons. The zero-order chi connectivity index (χ0) is 25.1. The second-order valence-electron chi connectivity index (χ2n) is 8.89. The highest BCUT2D eigenvalue weighted by molar-refractivity contribution is 6.26. The van der Waals surface area contributed by atoms with Gasteiger partial charge in [-0.1, -0.05) is 12.5 Å². The number of carbonyl (C=O) groups excluding carboxylic acids is 1. The number of benzene rings is 1. The van der Waals surface area contributed by atoms with Gasteiger partial charge in [0.15, 0.2) is 0 Å². The van der Waals surface area contributed by atoms with Gasteiger partial charge in [-0.3, -0.25) is 14.7 Å². The van der Waals surface area contributed by atoms with Crippen LogP contribution in [-0.4, -0.2) is 33.9 Å². The lowest BCUT2D eigenvalue weighted by Gasteiger charge is -2.26. The molecule has 0 radical (unpaired) electrons. The number of pyridine rings is 2. The highest BCUT2D eigenvalue weighted by Gasteiger charge is 2.32. The summed E-state index contributed by atoms with van der Waals surface area (Å²) in [6.45, 7) is 3.05. The maximum atomic E-state index is 13.0. The lowest BCUT2D eigenvalue weighted by Crippen LogP contribution is -2.29. The molecule has 1 saturated heterocycles. The number of anilines is 2. The number of halogens is 3. The standard InChI is InChI=1S/C26H25F3N6O/c27-26(28,29)24-7-5-20(14-31-24)33-25(36)22-15-32-34-23-6-4-18(11-21(22)23)19-10-17(12-30-13-19)16-35-8-2-1-3-9-35/h4-7,10-15,32,34H,1-3,8-9,16H2,(H,33,36). The van der Waals surface area contributed by atoms with Gasteiger partial charge in [0.25, 0.3) is 5.91 Å². The van der Waals surface area contributed by atoms with Crippen molar-refractivity contribution in [1.82, 2.24) is 20.3 Å². The molecule has 3 N–H and O–H groups in total. The van der Waals surface area contributed by atoms with Gasteiger partial charge in [-0.2, -0.15) is 13.2 Å². The van der Waals surface area contributed by atoms with E-state index in [0.29, 0.717) is 16.8 Å². The Balaban J connectivity index is 1.36. The molecule has 7 nitrogen and oxygen atoms in total. The molecule has 1 fully saturated rings. The zero-order valence-electron chi connectivity index (χ0n) is 19.4. The van der Waals surface area contributed by atoms with Crippen LogP contribution in [0, 0.1) is 0 Å². The molecule has 2 aliphatic rings. The van der Waals surface area contributed by atoms with Crippen LogP contribution in [0.25, 0.3) is 16.7 Å². The first-order valence-electron chi connectivity index (χ1n) is 11.7. The van der Waals surface area contributed by atoms with E-state index in [0.717, 1.165) is 48.6 Å². The number of aromatic nitrogens is 2. The molecule has 2 aliphatic heterocycles. The Labute approximate surface area is 206 Å².